The molecule has 0 aromatic heterocycles. The average molecular weight is 207 g/mol. The highest BCUT2D eigenvalue weighted by atomic mass is 16.5. The molecular formula is C10H13N3O2. The van der Waals surface area contributed by atoms with E-state index in [2.05, 4.69) is 5.32 Å². The lowest BCUT2D eigenvalue weighted by molar-refractivity contribution is -0.118. The molecule has 1 aromatic carbocycles. The fraction of sp³-hybridized carbons (Fsp3) is 0.300. The Morgan fingerprint density at radius 1 is 1.53 bits per heavy atom. The minimum atomic E-state index is -0.214. The van der Waals surface area contributed by atoms with Gasteiger partial charge in [-0.3, -0.25) is 4.79 Å². The third-order valence-corrected chi connectivity index (χ3v) is 2.32. The zero-order chi connectivity index (χ0) is 10.8. The summed E-state index contributed by atoms with van der Waals surface area (Å²) in [6, 6.07) is 5.23. The molecule has 0 bridgehead atoms. The predicted molar refractivity (Wildman–Crippen MR) is 56.5 cm³/mol. The van der Waals surface area contributed by atoms with Gasteiger partial charge in [0.15, 0.2) is 6.61 Å². The van der Waals surface area contributed by atoms with Crippen LogP contribution in [0, 0.1) is 0 Å². The van der Waals surface area contributed by atoms with E-state index in [9.17, 15) is 4.79 Å². The molecule has 5 heteroatoms. The molecule has 0 aliphatic carbocycles. The highest BCUT2D eigenvalue weighted by molar-refractivity contribution is 5.95. The summed E-state index contributed by atoms with van der Waals surface area (Å²) in [6.45, 7) is 0.433. The average Bonchev–Trinajstić information content (AvgIpc) is 2.27. The second-order valence-corrected chi connectivity index (χ2v) is 3.43. The van der Waals surface area contributed by atoms with E-state index in [0.717, 1.165) is 5.56 Å². The van der Waals surface area contributed by atoms with Crippen molar-refractivity contribution in [3.63, 3.8) is 0 Å². The maximum absolute atomic E-state index is 11.1. The van der Waals surface area contributed by atoms with Crippen LogP contribution in [0.15, 0.2) is 18.2 Å². The Hall–Kier alpha value is -1.59. The molecule has 0 radical (unpaired) electrons. The standard InChI is InChI=1S/C10H13N3O2/c11-4-7(12)6-1-2-9-8(3-6)13-10(14)5-15-9/h1-3,7H,4-5,11-12H2,(H,13,14)/t7-/m0/s1. The van der Waals surface area contributed by atoms with Crippen molar-refractivity contribution in [1.29, 1.82) is 0 Å². The number of amides is 1. The Morgan fingerprint density at radius 2 is 2.33 bits per heavy atom. The van der Waals surface area contributed by atoms with Crippen molar-refractivity contribution in [1.82, 2.24) is 0 Å². The van der Waals surface area contributed by atoms with E-state index in [1.807, 2.05) is 6.07 Å². The minimum absolute atomic E-state index is 0.0648. The van der Waals surface area contributed by atoms with Gasteiger partial charge >= 0.3 is 0 Å². The van der Waals surface area contributed by atoms with E-state index in [4.69, 9.17) is 16.2 Å². The van der Waals surface area contributed by atoms with Crippen molar-refractivity contribution in [2.24, 2.45) is 11.5 Å². The number of ether oxygens (including phenoxy) is 1. The quantitative estimate of drug-likeness (QED) is 0.635. The summed E-state index contributed by atoms with van der Waals surface area (Å²) in [7, 11) is 0. The van der Waals surface area contributed by atoms with E-state index >= 15 is 0 Å². The summed E-state index contributed by atoms with van der Waals surface area (Å²) in [6.07, 6.45) is 0. The van der Waals surface area contributed by atoms with E-state index in [0.29, 0.717) is 18.0 Å². The molecule has 0 spiro atoms. The first-order chi connectivity index (χ1) is 7.20. The van der Waals surface area contributed by atoms with E-state index < -0.39 is 0 Å². The molecule has 1 aliphatic heterocycles. The van der Waals surface area contributed by atoms with Gasteiger partial charge in [-0.1, -0.05) is 6.07 Å². The fourth-order valence-corrected chi connectivity index (χ4v) is 1.47. The molecule has 15 heavy (non-hydrogen) atoms. The maximum atomic E-state index is 11.1. The zero-order valence-electron chi connectivity index (χ0n) is 8.19. The molecule has 0 fully saturated rings. The van der Waals surface area contributed by atoms with Crippen molar-refractivity contribution >= 4 is 11.6 Å². The third-order valence-electron chi connectivity index (χ3n) is 2.32. The Morgan fingerprint density at radius 3 is 3.07 bits per heavy atom. The molecule has 1 heterocycles. The second-order valence-electron chi connectivity index (χ2n) is 3.43. The van der Waals surface area contributed by atoms with Gasteiger partial charge in [-0.25, -0.2) is 0 Å². The summed E-state index contributed by atoms with van der Waals surface area (Å²) in [5, 5.41) is 2.72. The van der Waals surface area contributed by atoms with Crippen LogP contribution in [-0.2, 0) is 4.79 Å². The van der Waals surface area contributed by atoms with Gasteiger partial charge in [-0.05, 0) is 17.7 Å². The largest absolute Gasteiger partial charge is 0.482 e. The molecule has 1 aliphatic rings. The Kier molecular flexibility index (Phi) is 2.57. The zero-order valence-corrected chi connectivity index (χ0v) is 8.19. The lowest BCUT2D eigenvalue weighted by Crippen LogP contribution is -2.26. The van der Waals surface area contributed by atoms with Crippen LogP contribution in [0.1, 0.15) is 11.6 Å². The number of nitrogens with one attached hydrogen (secondary N) is 1. The Bertz CT molecular complexity index is 392. The van der Waals surface area contributed by atoms with E-state index in [1.165, 1.54) is 0 Å². The van der Waals surface area contributed by atoms with Gasteiger partial charge in [-0.2, -0.15) is 0 Å². The number of fused-ring (bicyclic) bond motifs is 1. The minimum Gasteiger partial charge on any atom is -0.482 e. The van der Waals surface area contributed by atoms with Gasteiger partial charge in [0.2, 0.25) is 0 Å². The summed E-state index contributed by atoms with van der Waals surface area (Å²) in [5.41, 5.74) is 12.8. The van der Waals surface area contributed by atoms with Gasteiger partial charge in [-0.15, -0.1) is 0 Å². The third kappa shape index (κ3) is 1.93. The van der Waals surface area contributed by atoms with Gasteiger partial charge in [0.05, 0.1) is 5.69 Å². The molecular weight excluding hydrogens is 194 g/mol. The number of hydrogen-bond donors (Lipinski definition) is 3. The summed E-state index contributed by atoms with van der Waals surface area (Å²) in [4.78, 5) is 11.1. The smallest absolute Gasteiger partial charge is 0.262 e. The second kappa shape index (κ2) is 3.88. The molecule has 1 amide bonds. The first-order valence-corrected chi connectivity index (χ1v) is 4.73. The molecule has 1 aromatic rings. The van der Waals surface area contributed by atoms with Gasteiger partial charge in [0.25, 0.3) is 5.91 Å². The van der Waals surface area contributed by atoms with Gasteiger partial charge in [0.1, 0.15) is 5.75 Å². The van der Waals surface area contributed by atoms with Crippen molar-refractivity contribution in [3.05, 3.63) is 23.8 Å². The van der Waals surface area contributed by atoms with Crippen LogP contribution in [0.5, 0.6) is 5.75 Å². The number of carbonyl (C=O) groups excluding carboxylic acids is 1. The summed E-state index contributed by atoms with van der Waals surface area (Å²) >= 11 is 0. The number of benzene rings is 1. The van der Waals surface area contributed by atoms with Crippen molar-refractivity contribution in [2.45, 2.75) is 6.04 Å². The van der Waals surface area contributed by atoms with Crippen LogP contribution >= 0.6 is 0 Å². The van der Waals surface area contributed by atoms with E-state index in [-0.39, 0.29) is 18.6 Å². The van der Waals surface area contributed by atoms with Crippen LogP contribution in [0.3, 0.4) is 0 Å². The van der Waals surface area contributed by atoms with Gasteiger partial charge in [0, 0.05) is 12.6 Å². The lowest BCUT2D eigenvalue weighted by atomic mass is 10.1. The SMILES string of the molecule is NC[C@H](N)c1ccc2c(c1)NC(=O)CO2. The first kappa shape index (κ1) is 9.95. The van der Waals surface area contributed by atoms with Crippen LogP contribution in [-0.4, -0.2) is 19.1 Å². The molecule has 0 saturated carbocycles. The monoisotopic (exact) mass is 207 g/mol. The highest BCUT2D eigenvalue weighted by Crippen LogP contribution is 2.29. The summed E-state index contributed by atoms with van der Waals surface area (Å²) < 4.78 is 5.22. The number of hydrogen-bond acceptors (Lipinski definition) is 4. The van der Waals surface area contributed by atoms with Gasteiger partial charge < -0.3 is 21.5 Å². The van der Waals surface area contributed by atoms with E-state index in [1.54, 1.807) is 12.1 Å². The van der Waals surface area contributed by atoms with Crippen molar-refractivity contribution in [3.8, 4) is 5.75 Å². The summed E-state index contributed by atoms with van der Waals surface area (Å²) in [5.74, 6) is 0.517. The molecule has 5 N–H and O–H groups in total. The first-order valence-electron chi connectivity index (χ1n) is 4.73. The molecule has 0 unspecified atom stereocenters. The number of nitrogens with two attached hydrogens (primary N) is 2. The normalized spacial score (nSPS) is 16.3. The number of rotatable bonds is 2. The predicted octanol–water partition coefficient (Wildman–Crippen LogP) is -0.0240. The molecule has 5 nitrogen and oxygen atoms in total. The Labute approximate surface area is 87.4 Å². The molecule has 2 rings (SSSR count). The van der Waals surface area contributed by atoms with Crippen molar-refractivity contribution in [2.75, 3.05) is 18.5 Å². The maximum Gasteiger partial charge on any atom is 0.262 e. The molecule has 0 saturated heterocycles. The number of carbonyl (C=O) groups is 1. The van der Waals surface area contributed by atoms with Crippen LogP contribution < -0.4 is 21.5 Å². The number of anilines is 1. The fourth-order valence-electron chi connectivity index (χ4n) is 1.47. The van der Waals surface area contributed by atoms with Crippen LogP contribution in [0.2, 0.25) is 0 Å². The van der Waals surface area contributed by atoms with Crippen LogP contribution in [0.25, 0.3) is 0 Å². The highest BCUT2D eigenvalue weighted by Gasteiger charge is 2.16. The topological polar surface area (TPSA) is 90.4 Å². The lowest BCUT2D eigenvalue weighted by Gasteiger charge is -2.19. The van der Waals surface area contributed by atoms with Crippen LogP contribution in [0.4, 0.5) is 5.69 Å². The molecule has 1 atom stereocenters. The molecule has 80 valence electrons. The van der Waals surface area contributed by atoms with Crippen molar-refractivity contribution < 1.29 is 9.53 Å². The Balaban J connectivity index is 2.32.